The van der Waals surface area contributed by atoms with Crippen molar-refractivity contribution in [2.24, 2.45) is 5.10 Å². The van der Waals surface area contributed by atoms with Gasteiger partial charge in [0.25, 0.3) is 11.1 Å². The maximum Gasteiger partial charge on any atom is 0.338 e. The van der Waals surface area contributed by atoms with Gasteiger partial charge in [0.15, 0.2) is 0 Å². The number of methoxy groups -OCH3 is 1. The number of nitrogens with one attached hydrogen (secondary N) is 1. The molecule has 2 aromatic carbocycles. The molecule has 0 saturated heterocycles. The smallest absolute Gasteiger partial charge is 0.338 e. The largest absolute Gasteiger partial charge is 0.497 e. The van der Waals surface area contributed by atoms with Crippen LogP contribution in [0.2, 0.25) is 0 Å². The highest BCUT2D eigenvalue weighted by molar-refractivity contribution is 7.99. The molecule has 1 amide bonds. The van der Waals surface area contributed by atoms with E-state index in [0.29, 0.717) is 29.7 Å². The average Bonchev–Trinajstić information content (AvgIpc) is 3.31. The number of carbonyl (C=O) groups is 2. The number of nitrogens with zero attached hydrogens (tertiary/aromatic N) is 3. The van der Waals surface area contributed by atoms with Crippen molar-refractivity contribution < 1.29 is 23.5 Å². The molecule has 0 fully saturated rings. The number of thioether (sulfide) groups is 1. The summed E-state index contributed by atoms with van der Waals surface area (Å²) in [7, 11) is 1.65. The first-order valence-corrected chi connectivity index (χ1v) is 11.7. The summed E-state index contributed by atoms with van der Waals surface area (Å²) in [4.78, 5) is 23.6. The van der Waals surface area contributed by atoms with Crippen LogP contribution in [0.15, 0.2) is 63.3 Å². The number of esters is 1. The van der Waals surface area contributed by atoms with Gasteiger partial charge in [0, 0.05) is 6.42 Å². The standard InChI is InChI=1S/C24H26N4O5S/c1-3-32-23(30)19-11-7-18(8-12-19)15-25-26-21(29)16-34-24-28-27-22(33-24)6-4-5-17-9-13-20(31-2)14-10-17/h7-15H,3-6,16H2,1-2H3,(H,26,29)/b25-15+. The van der Waals surface area contributed by atoms with Crippen LogP contribution in [0.4, 0.5) is 0 Å². The van der Waals surface area contributed by atoms with Gasteiger partial charge in [0.1, 0.15) is 5.75 Å². The van der Waals surface area contributed by atoms with Crippen LogP contribution in [0, 0.1) is 0 Å². The lowest BCUT2D eigenvalue weighted by atomic mass is 10.1. The Morgan fingerprint density at radius 2 is 1.85 bits per heavy atom. The van der Waals surface area contributed by atoms with Crippen LogP contribution < -0.4 is 10.2 Å². The van der Waals surface area contributed by atoms with Gasteiger partial charge in [-0.1, -0.05) is 36.0 Å². The fraction of sp³-hybridized carbons (Fsp3) is 0.292. The molecule has 178 valence electrons. The summed E-state index contributed by atoms with van der Waals surface area (Å²) >= 11 is 1.15. The Morgan fingerprint density at radius 3 is 2.56 bits per heavy atom. The van der Waals surface area contributed by atoms with E-state index in [1.54, 1.807) is 38.3 Å². The Morgan fingerprint density at radius 1 is 1.09 bits per heavy atom. The molecular weight excluding hydrogens is 456 g/mol. The van der Waals surface area contributed by atoms with Crippen LogP contribution in [0.1, 0.15) is 40.7 Å². The number of hydrogen-bond donors (Lipinski definition) is 1. The van der Waals surface area contributed by atoms with Crippen molar-refractivity contribution in [3.05, 3.63) is 71.1 Å². The minimum absolute atomic E-state index is 0.0899. The van der Waals surface area contributed by atoms with E-state index in [1.165, 1.54) is 11.8 Å². The summed E-state index contributed by atoms with van der Waals surface area (Å²) in [5.74, 6) is 0.788. The van der Waals surface area contributed by atoms with Crippen molar-refractivity contribution >= 4 is 29.9 Å². The topological polar surface area (TPSA) is 116 Å². The third-order valence-electron chi connectivity index (χ3n) is 4.61. The first-order chi connectivity index (χ1) is 16.6. The average molecular weight is 483 g/mol. The van der Waals surface area contributed by atoms with E-state index in [2.05, 4.69) is 20.7 Å². The van der Waals surface area contributed by atoms with E-state index in [-0.39, 0.29) is 17.6 Å². The molecule has 3 aromatic rings. The van der Waals surface area contributed by atoms with Crippen LogP contribution in [-0.4, -0.2) is 47.8 Å². The minimum atomic E-state index is -0.377. The van der Waals surface area contributed by atoms with E-state index >= 15 is 0 Å². The number of benzene rings is 2. The van der Waals surface area contributed by atoms with Gasteiger partial charge in [-0.25, -0.2) is 10.2 Å². The highest BCUT2D eigenvalue weighted by Crippen LogP contribution is 2.18. The summed E-state index contributed by atoms with van der Waals surface area (Å²) in [6.45, 7) is 2.07. The van der Waals surface area contributed by atoms with Crippen molar-refractivity contribution in [3.8, 4) is 5.75 Å². The van der Waals surface area contributed by atoms with Crippen LogP contribution in [-0.2, 0) is 22.4 Å². The van der Waals surface area contributed by atoms with Crippen molar-refractivity contribution in [2.75, 3.05) is 19.5 Å². The lowest BCUT2D eigenvalue weighted by Crippen LogP contribution is -2.19. The molecule has 0 aliphatic carbocycles. The zero-order chi connectivity index (χ0) is 24.2. The Bertz CT molecular complexity index is 1100. The lowest BCUT2D eigenvalue weighted by molar-refractivity contribution is -0.118. The molecular formula is C24H26N4O5S. The second-order valence-corrected chi connectivity index (χ2v) is 8.01. The van der Waals surface area contributed by atoms with Crippen LogP contribution in [0.25, 0.3) is 0 Å². The minimum Gasteiger partial charge on any atom is -0.497 e. The molecule has 0 unspecified atom stereocenters. The summed E-state index contributed by atoms with van der Waals surface area (Å²) in [6.07, 6.45) is 3.91. The lowest BCUT2D eigenvalue weighted by Gasteiger charge is -2.02. The van der Waals surface area contributed by atoms with Gasteiger partial charge in [0.05, 0.1) is 31.2 Å². The second kappa shape index (κ2) is 13.1. The van der Waals surface area contributed by atoms with Gasteiger partial charge >= 0.3 is 5.97 Å². The van der Waals surface area contributed by atoms with E-state index in [0.717, 1.165) is 35.9 Å². The molecule has 0 bridgehead atoms. The number of carbonyl (C=O) groups excluding carboxylic acids is 2. The van der Waals surface area contributed by atoms with E-state index in [4.69, 9.17) is 13.9 Å². The van der Waals surface area contributed by atoms with E-state index in [1.807, 2.05) is 24.3 Å². The molecule has 0 atom stereocenters. The summed E-state index contributed by atoms with van der Waals surface area (Å²) in [5.41, 5.74) is 4.85. The number of amides is 1. The molecule has 0 radical (unpaired) electrons. The quantitative estimate of drug-likeness (QED) is 0.180. The van der Waals surface area contributed by atoms with E-state index < -0.39 is 0 Å². The first kappa shape index (κ1) is 25.0. The maximum atomic E-state index is 12.0. The molecule has 0 spiro atoms. The molecule has 1 N–H and O–H groups in total. The van der Waals surface area contributed by atoms with Gasteiger partial charge in [-0.05, 0) is 55.2 Å². The summed E-state index contributed by atoms with van der Waals surface area (Å²) in [6, 6.07) is 14.7. The number of rotatable bonds is 12. The Balaban J connectivity index is 1.36. The Labute approximate surface area is 201 Å². The van der Waals surface area contributed by atoms with Gasteiger partial charge in [0.2, 0.25) is 5.89 Å². The number of aromatic nitrogens is 2. The van der Waals surface area contributed by atoms with Crippen LogP contribution in [0.3, 0.4) is 0 Å². The molecule has 3 rings (SSSR count). The normalized spacial score (nSPS) is 10.9. The van der Waals surface area contributed by atoms with Crippen molar-refractivity contribution in [1.29, 1.82) is 0 Å². The predicted octanol–water partition coefficient (Wildman–Crippen LogP) is 3.67. The first-order valence-electron chi connectivity index (χ1n) is 10.7. The Kier molecular flexibility index (Phi) is 9.65. The fourth-order valence-electron chi connectivity index (χ4n) is 2.89. The molecule has 0 saturated carbocycles. The third kappa shape index (κ3) is 8.04. The fourth-order valence-corrected chi connectivity index (χ4v) is 3.46. The van der Waals surface area contributed by atoms with Gasteiger partial charge in [-0.15, -0.1) is 10.2 Å². The number of aryl methyl sites for hydroxylation is 2. The van der Waals surface area contributed by atoms with Crippen molar-refractivity contribution in [3.63, 3.8) is 0 Å². The number of ether oxygens (including phenoxy) is 2. The highest BCUT2D eigenvalue weighted by Gasteiger charge is 2.10. The van der Waals surface area contributed by atoms with Gasteiger partial charge in [-0.2, -0.15) is 5.10 Å². The molecule has 1 aromatic heterocycles. The molecule has 0 aliphatic rings. The van der Waals surface area contributed by atoms with Crippen molar-refractivity contribution in [1.82, 2.24) is 15.6 Å². The maximum absolute atomic E-state index is 12.0. The van der Waals surface area contributed by atoms with Gasteiger partial charge < -0.3 is 13.9 Å². The van der Waals surface area contributed by atoms with E-state index in [9.17, 15) is 9.59 Å². The molecule has 0 aliphatic heterocycles. The van der Waals surface area contributed by atoms with Crippen LogP contribution in [0.5, 0.6) is 5.75 Å². The third-order valence-corrected chi connectivity index (χ3v) is 5.43. The predicted molar refractivity (Wildman–Crippen MR) is 128 cm³/mol. The zero-order valence-corrected chi connectivity index (χ0v) is 19.8. The molecule has 1 heterocycles. The summed E-state index contributed by atoms with van der Waals surface area (Å²) in [5, 5.41) is 12.3. The summed E-state index contributed by atoms with van der Waals surface area (Å²) < 4.78 is 15.7. The molecule has 9 nitrogen and oxygen atoms in total. The second-order valence-electron chi connectivity index (χ2n) is 7.09. The SMILES string of the molecule is CCOC(=O)c1ccc(/C=N/NC(=O)CSc2nnc(CCCc3ccc(OC)cc3)o2)cc1. The number of hydrogen-bond acceptors (Lipinski definition) is 9. The number of hydrazone groups is 1. The Hall–Kier alpha value is -3.66. The molecule has 34 heavy (non-hydrogen) atoms. The molecule has 10 heteroatoms. The monoisotopic (exact) mass is 482 g/mol. The van der Waals surface area contributed by atoms with Crippen molar-refractivity contribution in [2.45, 2.75) is 31.4 Å². The van der Waals surface area contributed by atoms with Crippen LogP contribution >= 0.6 is 11.8 Å². The highest BCUT2D eigenvalue weighted by atomic mass is 32.2. The van der Waals surface area contributed by atoms with Gasteiger partial charge in [-0.3, -0.25) is 4.79 Å². The zero-order valence-electron chi connectivity index (χ0n) is 19.0.